The number of carbonyl (C=O) groups excluding carboxylic acids is 2. The molecule has 1 aliphatic rings. The van der Waals surface area contributed by atoms with E-state index in [2.05, 4.69) is 19.9 Å². The third-order valence-corrected chi connectivity index (χ3v) is 5.76. The third kappa shape index (κ3) is 4.69. The summed E-state index contributed by atoms with van der Waals surface area (Å²) in [5.74, 6) is 0.205. The normalized spacial score (nSPS) is 18.2. The van der Waals surface area contributed by atoms with Gasteiger partial charge in [-0.3, -0.25) is 9.59 Å². The van der Waals surface area contributed by atoms with E-state index in [1.54, 1.807) is 6.92 Å². The lowest BCUT2D eigenvalue weighted by Gasteiger charge is -2.43. The Bertz CT molecular complexity index is 834. The fraction of sp³-hybridized carbons (Fsp3) is 0.440. The van der Waals surface area contributed by atoms with E-state index in [0.29, 0.717) is 6.42 Å². The van der Waals surface area contributed by atoms with E-state index in [1.807, 2.05) is 58.3 Å². The van der Waals surface area contributed by atoms with Gasteiger partial charge in [0, 0.05) is 30.8 Å². The second-order valence-electron chi connectivity index (χ2n) is 7.96. The van der Waals surface area contributed by atoms with Crippen molar-refractivity contribution < 1.29 is 9.59 Å². The van der Waals surface area contributed by atoms with Crippen molar-refractivity contribution in [2.45, 2.75) is 71.4 Å². The molecule has 2 aromatic carbocycles. The highest BCUT2D eigenvalue weighted by atomic mass is 16.2. The van der Waals surface area contributed by atoms with Gasteiger partial charge in [0.05, 0.1) is 6.04 Å². The number of nitrogens with zero attached hydrogens (tertiary/aromatic N) is 2. The Morgan fingerprint density at radius 1 is 1.00 bits per heavy atom. The van der Waals surface area contributed by atoms with Gasteiger partial charge >= 0.3 is 0 Å². The summed E-state index contributed by atoms with van der Waals surface area (Å²) in [5, 5.41) is 0. The van der Waals surface area contributed by atoms with Gasteiger partial charge in [-0.25, -0.2) is 0 Å². The van der Waals surface area contributed by atoms with Crippen LogP contribution in [0.4, 0.5) is 11.4 Å². The Hall–Kier alpha value is -2.62. The van der Waals surface area contributed by atoms with Gasteiger partial charge in [-0.1, -0.05) is 62.6 Å². The van der Waals surface area contributed by atoms with Crippen molar-refractivity contribution >= 4 is 23.2 Å². The molecule has 0 fully saturated rings. The molecule has 2 amide bonds. The van der Waals surface area contributed by atoms with E-state index in [0.717, 1.165) is 49.0 Å². The number of benzene rings is 2. The quantitative estimate of drug-likeness (QED) is 0.552. The molecule has 3 rings (SSSR count). The van der Waals surface area contributed by atoms with E-state index >= 15 is 0 Å². The largest absolute Gasteiger partial charge is 0.309 e. The zero-order chi connectivity index (χ0) is 20.8. The number of hydrogen-bond donors (Lipinski definition) is 0. The minimum absolute atomic E-state index is 0.0338. The zero-order valence-corrected chi connectivity index (χ0v) is 17.8. The van der Waals surface area contributed by atoms with E-state index in [9.17, 15) is 9.59 Å². The maximum atomic E-state index is 13.4. The maximum Gasteiger partial charge on any atom is 0.227 e. The topological polar surface area (TPSA) is 40.6 Å². The molecule has 0 N–H and O–H groups in total. The van der Waals surface area contributed by atoms with Gasteiger partial charge in [0.2, 0.25) is 11.8 Å². The number of para-hydroxylation sites is 2. The number of amides is 2. The monoisotopic (exact) mass is 392 g/mol. The Kier molecular flexibility index (Phi) is 7.08. The standard InChI is InChI=1S/C25H32N2O2/c1-4-5-6-10-17-25(29)27(21-13-8-7-9-14-21)24-18-19(2)26(20(3)28)23-16-12-11-15-22(23)24/h7-9,11-16,19,24H,4-6,10,17-18H2,1-3H3/t19-,24-/m0/s1. The molecule has 0 unspecified atom stereocenters. The van der Waals surface area contributed by atoms with Crippen LogP contribution in [0.1, 0.15) is 70.9 Å². The highest BCUT2D eigenvalue weighted by Gasteiger charge is 2.37. The van der Waals surface area contributed by atoms with Gasteiger partial charge < -0.3 is 9.80 Å². The van der Waals surface area contributed by atoms with Gasteiger partial charge in [-0.2, -0.15) is 0 Å². The van der Waals surface area contributed by atoms with Crippen LogP contribution >= 0.6 is 0 Å². The molecule has 2 atom stereocenters. The number of rotatable bonds is 7. The molecule has 0 bridgehead atoms. The number of hydrogen-bond acceptors (Lipinski definition) is 2. The van der Waals surface area contributed by atoms with Crippen LogP contribution in [-0.4, -0.2) is 17.9 Å². The van der Waals surface area contributed by atoms with Crippen LogP contribution in [-0.2, 0) is 9.59 Å². The fourth-order valence-electron chi connectivity index (χ4n) is 4.42. The van der Waals surface area contributed by atoms with Gasteiger partial charge in [-0.15, -0.1) is 0 Å². The summed E-state index contributed by atoms with van der Waals surface area (Å²) in [6.45, 7) is 5.86. The molecular weight excluding hydrogens is 360 g/mol. The molecule has 2 aromatic rings. The van der Waals surface area contributed by atoms with Crippen molar-refractivity contribution in [1.82, 2.24) is 0 Å². The van der Waals surface area contributed by atoms with Crippen LogP contribution in [0.15, 0.2) is 54.6 Å². The molecule has 1 heterocycles. The molecule has 4 nitrogen and oxygen atoms in total. The molecule has 0 spiro atoms. The Balaban J connectivity index is 1.98. The average Bonchev–Trinajstić information content (AvgIpc) is 2.72. The summed E-state index contributed by atoms with van der Waals surface area (Å²) in [7, 11) is 0. The first kappa shape index (κ1) is 21.1. The van der Waals surface area contributed by atoms with Crippen molar-refractivity contribution in [3.05, 3.63) is 60.2 Å². The molecule has 0 saturated heterocycles. The smallest absolute Gasteiger partial charge is 0.227 e. The molecular formula is C25H32N2O2. The zero-order valence-electron chi connectivity index (χ0n) is 17.8. The van der Waals surface area contributed by atoms with Gasteiger partial charge in [0.1, 0.15) is 0 Å². The van der Waals surface area contributed by atoms with Crippen molar-refractivity contribution in [3.63, 3.8) is 0 Å². The van der Waals surface area contributed by atoms with Crippen LogP contribution in [0.2, 0.25) is 0 Å². The predicted molar refractivity (Wildman–Crippen MR) is 119 cm³/mol. The second-order valence-corrected chi connectivity index (χ2v) is 7.96. The maximum absolute atomic E-state index is 13.4. The summed E-state index contributed by atoms with van der Waals surface area (Å²) in [6.07, 6.45) is 5.60. The first-order chi connectivity index (χ1) is 14.0. The average molecular weight is 393 g/mol. The number of fused-ring (bicyclic) bond motifs is 1. The Morgan fingerprint density at radius 3 is 2.38 bits per heavy atom. The summed E-state index contributed by atoms with van der Waals surface area (Å²) in [4.78, 5) is 29.5. The van der Waals surface area contributed by atoms with Crippen LogP contribution in [0.5, 0.6) is 0 Å². The molecule has 154 valence electrons. The molecule has 1 aliphatic heterocycles. The first-order valence-electron chi connectivity index (χ1n) is 10.8. The van der Waals surface area contributed by atoms with Gasteiger partial charge in [0.15, 0.2) is 0 Å². The van der Waals surface area contributed by atoms with Crippen molar-refractivity contribution in [2.24, 2.45) is 0 Å². The fourth-order valence-corrected chi connectivity index (χ4v) is 4.42. The molecule has 0 saturated carbocycles. The SMILES string of the molecule is CCCCCCC(=O)N(c1ccccc1)[C@H]1C[C@H](C)N(C(C)=O)c2ccccc21. The molecule has 0 aromatic heterocycles. The Morgan fingerprint density at radius 2 is 1.69 bits per heavy atom. The van der Waals surface area contributed by atoms with E-state index in [1.165, 1.54) is 0 Å². The summed E-state index contributed by atoms with van der Waals surface area (Å²) in [6, 6.07) is 17.9. The summed E-state index contributed by atoms with van der Waals surface area (Å²) < 4.78 is 0. The molecule has 29 heavy (non-hydrogen) atoms. The minimum Gasteiger partial charge on any atom is -0.309 e. The highest BCUT2D eigenvalue weighted by molar-refractivity contribution is 5.97. The lowest BCUT2D eigenvalue weighted by Crippen LogP contribution is -2.47. The Labute approximate surface area is 174 Å². The van der Waals surface area contributed by atoms with Crippen molar-refractivity contribution in [1.29, 1.82) is 0 Å². The van der Waals surface area contributed by atoms with Gasteiger partial charge in [-0.05, 0) is 43.5 Å². The van der Waals surface area contributed by atoms with E-state index < -0.39 is 0 Å². The minimum atomic E-state index is -0.0714. The van der Waals surface area contributed by atoms with E-state index in [4.69, 9.17) is 0 Å². The molecule has 0 aliphatic carbocycles. The van der Waals surface area contributed by atoms with Crippen LogP contribution in [0, 0.1) is 0 Å². The van der Waals surface area contributed by atoms with Crippen LogP contribution in [0.25, 0.3) is 0 Å². The van der Waals surface area contributed by atoms with Gasteiger partial charge in [0.25, 0.3) is 0 Å². The third-order valence-electron chi connectivity index (χ3n) is 5.76. The first-order valence-corrected chi connectivity index (χ1v) is 10.8. The predicted octanol–water partition coefficient (Wildman–Crippen LogP) is 5.88. The lowest BCUT2D eigenvalue weighted by atomic mass is 9.89. The molecule has 4 heteroatoms. The number of unbranched alkanes of at least 4 members (excludes halogenated alkanes) is 3. The second kappa shape index (κ2) is 9.73. The summed E-state index contributed by atoms with van der Waals surface area (Å²) in [5.41, 5.74) is 2.89. The summed E-state index contributed by atoms with van der Waals surface area (Å²) >= 11 is 0. The van der Waals surface area contributed by atoms with Crippen LogP contribution < -0.4 is 9.80 Å². The number of anilines is 2. The van der Waals surface area contributed by atoms with Crippen molar-refractivity contribution in [3.8, 4) is 0 Å². The van der Waals surface area contributed by atoms with Crippen LogP contribution in [0.3, 0.4) is 0 Å². The van der Waals surface area contributed by atoms with Crippen molar-refractivity contribution in [2.75, 3.05) is 9.80 Å². The van der Waals surface area contributed by atoms with E-state index in [-0.39, 0.29) is 23.9 Å². The lowest BCUT2D eigenvalue weighted by molar-refractivity contribution is -0.119. The number of carbonyl (C=O) groups is 2. The highest BCUT2D eigenvalue weighted by Crippen LogP contribution is 2.42. The molecule has 0 radical (unpaired) electrons.